The van der Waals surface area contributed by atoms with Crippen LogP contribution >= 0.6 is 12.4 Å². The van der Waals surface area contributed by atoms with Gasteiger partial charge in [-0.15, -0.1) is 12.4 Å². The Morgan fingerprint density at radius 2 is 2.06 bits per heavy atom. The van der Waals surface area contributed by atoms with Crippen LogP contribution in [0.5, 0.6) is 0 Å². The van der Waals surface area contributed by atoms with Crippen LogP contribution in [0.25, 0.3) is 0 Å². The molecule has 0 aliphatic rings. The number of halogens is 1. The fourth-order valence-electron chi connectivity index (χ4n) is 1.45. The van der Waals surface area contributed by atoms with Gasteiger partial charge in [-0.2, -0.15) is 0 Å². The molecular formula is C13H21ClN2O2. The van der Waals surface area contributed by atoms with Gasteiger partial charge in [0.05, 0.1) is 13.2 Å². The average Bonchev–Trinajstić information content (AvgIpc) is 2.30. The molecular weight excluding hydrogens is 252 g/mol. The third-order valence-corrected chi connectivity index (χ3v) is 2.26. The van der Waals surface area contributed by atoms with E-state index >= 15 is 0 Å². The molecule has 3 N–H and O–H groups in total. The predicted molar refractivity (Wildman–Crippen MR) is 74.6 cm³/mol. The molecule has 1 aromatic carbocycles. The zero-order chi connectivity index (χ0) is 12.5. The minimum atomic E-state index is -0.0247. The van der Waals surface area contributed by atoms with E-state index in [1.807, 2.05) is 37.3 Å². The summed E-state index contributed by atoms with van der Waals surface area (Å²) in [7, 11) is 0. The lowest BCUT2D eigenvalue weighted by molar-refractivity contribution is -0.121. The Labute approximate surface area is 114 Å². The molecule has 0 fully saturated rings. The average molecular weight is 273 g/mol. The van der Waals surface area contributed by atoms with Crippen LogP contribution in [0.4, 0.5) is 0 Å². The monoisotopic (exact) mass is 272 g/mol. The third-order valence-electron chi connectivity index (χ3n) is 2.26. The molecule has 4 nitrogen and oxygen atoms in total. The first kappa shape index (κ1) is 16.9. The second-order valence-corrected chi connectivity index (χ2v) is 4.01. The van der Waals surface area contributed by atoms with E-state index < -0.39 is 0 Å². The number of carbonyl (C=O) groups is 1. The van der Waals surface area contributed by atoms with E-state index in [2.05, 4.69) is 5.32 Å². The first-order valence-electron chi connectivity index (χ1n) is 5.83. The van der Waals surface area contributed by atoms with Gasteiger partial charge in [0.15, 0.2) is 0 Å². The molecule has 0 aliphatic carbocycles. The van der Waals surface area contributed by atoms with Crippen LogP contribution in [0.2, 0.25) is 0 Å². The van der Waals surface area contributed by atoms with Crippen molar-refractivity contribution >= 4 is 18.3 Å². The Morgan fingerprint density at radius 3 is 2.67 bits per heavy atom. The summed E-state index contributed by atoms with van der Waals surface area (Å²) in [4.78, 5) is 11.2. The van der Waals surface area contributed by atoms with Gasteiger partial charge in [0, 0.05) is 19.0 Å². The van der Waals surface area contributed by atoms with Gasteiger partial charge in [-0.05, 0) is 12.5 Å². The third kappa shape index (κ3) is 7.27. The summed E-state index contributed by atoms with van der Waals surface area (Å²) in [6, 6.07) is 9.96. The first-order valence-corrected chi connectivity index (χ1v) is 5.83. The summed E-state index contributed by atoms with van der Waals surface area (Å²) in [6.07, 6.45) is 0.364. The fourth-order valence-corrected chi connectivity index (χ4v) is 1.45. The molecule has 1 unspecified atom stereocenters. The van der Waals surface area contributed by atoms with E-state index in [9.17, 15) is 4.79 Å². The summed E-state index contributed by atoms with van der Waals surface area (Å²) in [6.45, 7) is 3.37. The van der Waals surface area contributed by atoms with Crippen molar-refractivity contribution in [2.24, 2.45) is 5.73 Å². The highest BCUT2D eigenvalue weighted by Crippen LogP contribution is 2.00. The minimum Gasteiger partial charge on any atom is -0.375 e. The van der Waals surface area contributed by atoms with Crippen LogP contribution < -0.4 is 11.1 Å². The number of rotatable bonds is 7. The molecule has 1 rings (SSSR count). The van der Waals surface area contributed by atoms with Crippen molar-refractivity contribution in [3.63, 3.8) is 0 Å². The smallest absolute Gasteiger partial charge is 0.221 e. The van der Waals surface area contributed by atoms with E-state index in [4.69, 9.17) is 10.5 Å². The number of carbonyl (C=O) groups excluding carboxylic acids is 1. The molecule has 0 radical (unpaired) electrons. The topological polar surface area (TPSA) is 64.3 Å². The summed E-state index contributed by atoms with van der Waals surface area (Å²) >= 11 is 0. The van der Waals surface area contributed by atoms with Crippen LogP contribution in [0.1, 0.15) is 18.9 Å². The van der Waals surface area contributed by atoms with Crippen molar-refractivity contribution in [3.05, 3.63) is 35.9 Å². The molecule has 0 aliphatic heterocycles. The quantitative estimate of drug-likeness (QED) is 0.790. The van der Waals surface area contributed by atoms with Crippen LogP contribution in [0.3, 0.4) is 0 Å². The molecule has 0 saturated carbocycles. The summed E-state index contributed by atoms with van der Waals surface area (Å²) in [5, 5.41) is 2.82. The molecule has 102 valence electrons. The van der Waals surface area contributed by atoms with E-state index in [1.54, 1.807) is 0 Å². The molecule has 1 aromatic rings. The number of hydrogen-bond acceptors (Lipinski definition) is 3. The SMILES string of the molecule is CC(COCc1ccccc1)NC(=O)CCN.Cl. The lowest BCUT2D eigenvalue weighted by Gasteiger charge is -2.14. The van der Waals surface area contributed by atoms with E-state index in [0.29, 0.717) is 26.2 Å². The van der Waals surface area contributed by atoms with Gasteiger partial charge in [-0.3, -0.25) is 4.79 Å². The zero-order valence-corrected chi connectivity index (χ0v) is 11.4. The van der Waals surface area contributed by atoms with Gasteiger partial charge in [0.2, 0.25) is 5.91 Å². The van der Waals surface area contributed by atoms with Crippen molar-refractivity contribution in [2.75, 3.05) is 13.2 Å². The first-order chi connectivity index (χ1) is 8.22. The molecule has 1 amide bonds. The largest absolute Gasteiger partial charge is 0.375 e. The Balaban J connectivity index is 0.00000289. The van der Waals surface area contributed by atoms with E-state index in [1.165, 1.54) is 0 Å². The highest BCUT2D eigenvalue weighted by molar-refractivity contribution is 5.85. The van der Waals surface area contributed by atoms with E-state index in [0.717, 1.165) is 5.56 Å². The van der Waals surface area contributed by atoms with Crippen molar-refractivity contribution in [1.29, 1.82) is 0 Å². The molecule has 0 aromatic heterocycles. The second kappa shape index (κ2) is 9.88. The van der Waals surface area contributed by atoms with Crippen LogP contribution in [-0.4, -0.2) is 25.1 Å². The number of amides is 1. The van der Waals surface area contributed by atoms with Crippen LogP contribution in [0, 0.1) is 0 Å². The number of ether oxygens (including phenoxy) is 1. The second-order valence-electron chi connectivity index (χ2n) is 4.01. The summed E-state index contributed by atoms with van der Waals surface area (Å²) in [5.41, 5.74) is 6.42. The fraction of sp³-hybridized carbons (Fsp3) is 0.462. The predicted octanol–water partition coefficient (Wildman–Crippen LogP) is 1.48. The lowest BCUT2D eigenvalue weighted by atomic mass is 10.2. The maximum atomic E-state index is 11.2. The minimum absolute atomic E-state index is 0. The molecule has 1 atom stereocenters. The number of benzene rings is 1. The molecule has 5 heteroatoms. The maximum absolute atomic E-state index is 11.2. The van der Waals surface area contributed by atoms with Gasteiger partial charge >= 0.3 is 0 Å². The van der Waals surface area contributed by atoms with Crippen LogP contribution in [-0.2, 0) is 16.1 Å². The van der Waals surface area contributed by atoms with Crippen LogP contribution in [0.15, 0.2) is 30.3 Å². The molecule has 18 heavy (non-hydrogen) atoms. The standard InChI is InChI=1S/C13H20N2O2.ClH/c1-11(15-13(16)7-8-14)9-17-10-12-5-3-2-4-6-12;/h2-6,11H,7-10,14H2,1H3,(H,15,16);1H. The highest BCUT2D eigenvalue weighted by atomic mass is 35.5. The molecule has 0 bridgehead atoms. The van der Waals surface area contributed by atoms with Gasteiger partial charge in [-0.25, -0.2) is 0 Å². The van der Waals surface area contributed by atoms with Gasteiger partial charge in [0.25, 0.3) is 0 Å². The Morgan fingerprint density at radius 1 is 1.39 bits per heavy atom. The van der Waals surface area contributed by atoms with E-state index in [-0.39, 0.29) is 24.4 Å². The molecule has 0 saturated heterocycles. The number of nitrogens with one attached hydrogen (secondary N) is 1. The normalized spacial score (nSPS) is 11.4. The van der Waals surface area contributed by atoms with Gasteiger partial charge in [-0.1, -0.05) is 30.3 Å². The number of nitrogens with two attached hydrogens (primary N) is 1. The Kier molecular flexibility index (Phi) is 9.28. The lowest BCUT2D eigenvalue weighted by Crippen LogP contribution is -2.36. The maximum Gasteiger partial charge on any atom is 0.221 e. The van der Waals surface area contributed by atoms with Crippen molar-refractivity contribution in [1.82, 2.24) is 5.32 Å². The van der Waals surface area contributed by atoms with Crippen molar-refractivity contribution < 1.29 is 9.53 Å². The van der Waals surface area contributed by atoms with Gasteiger partial charge in [0.1, 0.15) is 0 Å². The number of hydrogen-bond donors (Lipinski definition) is 2. The highest BCUT2D eigenvalue weighted by Gasteiger charge is 2.06. The van der Waals surface area contributed by atoms with Crippen molar-refractivity contribution in [3.8, 4) is 0 Å². The van der Waals surface area contributed by atoms with Gasteiger partial charge < -0.3 is 15.8 Å². The molecule has 0 heterocycles. The zero-order valence-electron chi connectivity index (χ0n) is 10.6. The summed E-state index contributed by atoms with van der Waals surface area (Å²) < 4.78 is 5.51. The van der Waals surface area contributed by atoms with Crippen molar-refractivity contribution in [2.45, 2.75) is 26.0 Å². The Hall–Kier alpha value is -1.10. The summed E-state index contributed by atoms with van der Waals surface area (Å²) in [5.74, 6) is -0.0247. The Bertz CT molecular complexity index is 333. The molecule has 0 spiro atoms.